The zero-order chi connectivity index (χ0) is 23.0. The fourth-order valence-corrected chi connectivity index (χ4v) is 5.42. The number of nitrogens with zero attached hydrogens (tertiary/aromatic N) is 2. The molecule has 31 heavy (non-hydrogen) atoms. The summed E-state index contributed by atoms with van der Waals surface area (Å²) in [4.78, 5) is 16.9. The molecule has 1 aliphatic rings. The maximum Gasteiger partial charge on any atom is 0.418 e. The van der Waals surface area contributed by atoms with E-state index in [1.54, 1.807) is 18.4 Å². The number of anilines is 1. The maximum atomic E-state index is 13.3. The van der Waals surface area contributed by atoms with Gasteiger partial charge in [0, 0.05) is 11.7 Å². The first kappa shape index (κ1) is 23.3. The SMILES string of the molecule is Cc1nc(S(=O)(=O)C(C)C(=O)Nc2ccccc2C(F)(F)F)n(C2CCCCC2)c1C. The third-order valence-electron chi connectivity index (χ3n) is 5.87. The summed E-state index contributed by atoms with van der Waals surface area (Å²) in [5.74, 6) is -1.04. The van der Waals surface area contributed by atoms with E-state index in [2.05, 4.69) is 10.3 Å². The molecule has 1 fully saturated rings. The van der Waals surface area contributed by atoms with E-state index >= 15 is 0 Å². The van der Waals surface area contributed by atoms with Crippen LogP contribution in [0.1, 0.15) is 62.0 Å². The summed E-state index contributed by atoms with van der Waals surface area (Å²) in [5.41, 5.74) is -0.243. The van der Waals surface area contributed by atoms with Gasteiger partial charge >= 0.3 is 6.18 Å². The normalized spacial score (nSPS) is 16.8. The molecule has 6 nitrogen and oxygen atoms in total. The molecule has 1 amide bonds. The number of aromatic nitrogens is 2. The number of imidazole rings is 1. The Balaban J connectivity index is 1.93. The van der Waals surface area contributed by atoms with Gasteiger partial charge in [-0.15, -0.1) is 0 Å². The Morgan fingerprint density at radius 1 is 1.16 bits per heavy atom. The second-order valence-corrected chi connectivity index (χ2v) is 10.1. The van der Waals surface area contributed by atoms with E-state index in [0.717, 1.165) is 49.9 Å². The molecular weight excluding hydrogens is 431 g/mol. The van der Waals surface area contributed by atoms with E-state index in [1.807, 2.05) is 0 Å². The van der Waals surface area contributed by atoms with Crippen molar-refractivity contribution < 1.29 is 26.4 Å². The highest BCUT2D eigenvalue weighted by Crippen LogP contribution is 2.36. The summed E-state index contributed by atoms with van der Waals surface area (Å²) >= 11 is 0. The van der Waals surface area contributed by atoms with Crippen LogP contribution < -0.4 is 5.32 Å². The van der Waals surface area contributed by atoms with Gasteiger partial charge in [0.2, 0.25) is 20.9 Å². The molecule has 0 spiro atoms. The lowest BCUT2D eigenvalue weighted by Crippen LogP contribution is -2.35. The van der Waals surface area contributed by atoms with E-state index in [0.29, 0.717) is 5.69 Å². The highest BCUT2D eigenvalue weighted by Gasteiger charge is 2.38. The Morgan fingerprint density at radius 3 is 2.39 bits per heavy atom. The lowest BCUT2D eigenvalue weighted by atomic mass is 9.95. The van der Waals surface area contributed by atoms with Crippen molar-refractivity contribution in [1.82, 2.24) is 9.55 Å². The number of sulfone groups is 1. The number of halogens is 3. The number of carbonyl (C=O) groups excluding carboxylic acids is 1. The quantitative estimate of drug-likeness (QED) is 0.698. The van der Waals surface area contributed by atoms with Gasteiger partial charge in [0.15, 0.2) is 0 Å². The third-order valence-corrected chi connectivity index (χ3v) is 7.82. The van der Waals surface area contributed by atoms with Crippen LogP contribution in [0.3, 0.4) is 0 Å². The zero-order valence-corrected chi connectivity index (χ0v) is 18.5. The molecule has 0 aliphatic heterocycles. The topological polar surface area (TPSA) is 81.1 Å². The Hall–Kier alpha value is -2.36. The van der Waals surface area contributed by atoms with Gasteiger partial charge in [0.25, 0.3) is 0 Å². The lowest BCUT2D eigenvalue weighted by molar-refractivity contribution is -0.137. The summed E-state index contributed by atoms with van der Waals surface area (Å²) in [5, 5.41) is 0.331. The van der Waals surface area contributed by atoms with Gasteiger partial charge in [0.05, 0.1) is 16.9 Å². The lowest BCUT2D eigenvalue weighted by Gasteiger charge is -2.26. The molecule has 1 aromatic heterocycles. The highest BCUT2D eigenvalue weighted by molar-refractivity contribution is 7.92. The van der Waals surface area contributed by atoms with E-state index in [-0.39, 0.29) is 11.2 Å². The molecule has 3 rings (SSSR count). The number of hydrogen-bond donors (Lipinski definition) is 1. The molecule has 1 atom stereocenters. The van der Waals surface area contributed by atoms with Crippen LogP contribution >= 0.6 is 0 Å². The number of benzene rings is 1. The minimum absolute atomic E-state index is 0.0269. The molecule has 0 bridgehead atoms. The molecule has 1 heterocycles. The average molecular weight is 458 g/mol. The van der Waals surface area contributed by atoms with Crippen molar-refractivity contribution in [3.8, 4) is 0 Å². The summed E-state index contributed by atoms with van der Waals surface area (Å²) in [6.45, 7) is 4.67. The number of para-hydroxylation sites is 1. The fourth-order valence-electron chi connectivity index (χ4n) is 3.94. The van der Waals surface area contributed by atoms with E-state index in [4.69, 9.17) is 0 Å². The first-order chi connectivity index (χ1) is 14.4. The van der Waals surface area contributed by atoms with Gasteiger partial charge < -0.3 is 9.88 Å². The molecule has 1 N–H and O–H groups in total. The van der Waals surface area contributed by atoms with Gasteiger partial charge in [-0.25, -0.2) is 13.4 Å². The molecule has 2 aromatic rings. The van der Waals surface area contributed by atoms with E-state index < -0.39 is 38.4 Å². The molecule has 0 saturated heterocycles. The molecule has 170 valence electrons. The van der Waals surface area contributed by atoms with Crippen molar-refractivity contribution in [3.63, 3.8) is 0 Å². The van der Waals surface area contributed by atoms with Gasteiger partial charge in [-0.1, -0.05) is 31.4 Å². The number of aryl methyl sites for hydroxylation is 1. The van der Waals surface area contributed by atoms with Crippen molar-refractivity contribution in [2.75, 3.05) is 5.32 Å². The Labute approximate surface area is 179 Å². The van der Waals surface area contributed by atoms with E-state index in [1.165, 1.54) is 19.1 Å². The Morgan fingerprint density at radius 2 is 1.77 bits per heavy atom. The Kier molecular flexibility index (Phi) is 6.50. The molecule has 1 unspecified atom stereocenters. The smallest absolute Gasteiger partial charge is 0.324 e. The minimum Gasteiger partial charge on any atom is -0.324 e. The average Bonchev–Trinajstić information content (AvgIpc) is 3.03. The molecule has 1 aliphatic carbocycles. The summed E-state index contributed by atoms with van der Waals surface area (Å²) in [7, 11) is -4.23. The first-order valence-corrected chi connectivity index (χ1v) is 11.8. The van der Waals surface area contributed by atoms with Crippen LogP contribution in [-0.2, 0) is 20.8 Å². The standard InChI is InChI=1S/C21H26F3N3O3S/c1-13-14(2)27(16-9-5-4-6-10-16)20(25-13)31(29,30)15(3)19(28)26-18-12-8-7-11-17(18)21(22,23)24/h7-8,11-12,15-16H,4-6,9-10H2,1-3H3,(H,26,28). The van der Waals surface area contributed by atoms with Crippen LogP contribution in [-0.4, -0.2) is 29.1 Å². The highest BCUT2D eigenvalue weighted by atomic mass is 32.2. The predicted octanol–water partition coefficient (Wildman–Crippen LogP) is 4.82. The second-order valence-electron chi connectivity index (χ2n) is 7.95. The number of carbonyl (C=O) groups is 1. The minimum atomic E-state index is -4.68. The van der Waals surface area contributed by atoms with Crippen molar-refractivity contribution in [1.29, 1.82) is 0 Å². The van der Waals surface area contributed by atoms with Crippen LogP contribution in [0.15, 0.2) is 29.4 Å². The third kappa shape index (κ3) is 4.63. The monoisotopic (exact) mass is 457 g/mol. The summed E-state index contributed by atoms with van der Waals surface area (Å²) < 4.78 is 68.0. The molecule has 10 heteroatoms. The second kappa shape index (κ2) is 8.64. The van der Waals surface area contributed by atoms with Crippen LogP contribution in [0.2, 0.25) is 0 Å². The van der Waals surface area contributed by atoms with Gasteiger partial charge in [-0.05, 0) is 45.7 Å². The molecular formula is C21H26F3N3O3S. The van der Waals surface area contributed by atoms with Crippen molar-refractivity contribution in [2.24, 2.45) is 0 Å². The summed E-state index contributed by atoms with van der Waals surface area (Å²) in [6, 6.07) is 4.44. The fraction of sp³-hybridized carbons (Fsp3) is 0.524. The van der Waals surface area contributed by atoms with Crippen LogP contribution in [0.25, 0.3) is 0 Å². The maximum absolute atomic E-state index is 13.3. The van der Waals surface area contributed by atoms with Gasteiger partial charge in [-0.2, -0.15) is 13.2 Å². The number of alkyl halides is 3. The van der Waals surface area contributed by atoms with Crippen LogP contribution in [0, 0.1) is 13.8 Å². The van der Waals surface area contributed by atoms with Gasteiger partial charge in [0.1, 0.15) is 5.25 Å². The zero-order valence-electron chi connectivity index (χ0n) is 17.7. The predicted molar refractivity (Wildman–Crippen MR) is 111 cm³/mol. The molecule has 0 radical (unpaired) electrons. The van der Waals surface area contributed by atoms with E-state index in [9.17, 15) is 26.4 Å². The Bertz CT molecular complexity index is 1070. The molecule has 1 saturated carbocycles. The van der Waals surface area contributed by atoms with Crippen molar-refractivity contribution in [2.45, 2.75) is 75.5 Å². The number of amides is 1. The van der Waals surface area contributed by atoms with Crippen molar-refractivity contribution >= 4 is 21.4 Å². The summed E-state index contributed by atoms with van der Waals surface area (Å²) in [6.07, 6.45) is -0.00620. The molecule has 1 aromatic carbocycles. The first-order valence-electron chi connectivity index (χ1n) is 10.2. The van der Waals surface area contributed by atoms with Crippen LogP contribution in [0.5, 0.6) is 0 Å². The van der Waals surface area contributed by atoms with Gasteiger partial charge in [-0.3, -0.25) is 4.79 Å². The van der Waals surface area contributed by atoms with Crippen LogP contribution in [0.4, 0.5) is 18.9 Å². The number of hydrogen-bond acceptors (Lipinski definition) is 4. The van der Waals surface area contributed by atoms with Crippen molar-refractivity contribution in [3.05, 3.63) is 41.2 Å². The largest absolute Gasteiger partial charge is 0.418 e. The number of nitrogens with one attached hydrogen (secondary N) is 1. The number of rotatable bonds is 5.